The van der Waals surface area contributed by atoms with Gasteiger partial charge in [-0.25, -0.2) is 0 Å². The van der Waals surface area contributed by atoms with Crippen LogP contribution in [0.3, 0.4) is 0 Å². The van der Waals surface area contributed by atoms with Gasteiger partial charge in [-0.2, -0.15) is 13.2 Å². The Morgan fingerprint density at radius 1 is 1.38 bits per heavy atom. The van der Waals surface area contributed by atoms with Crippen LogP contribution in [0.4, 0.5) is 13.2 Å². The molecule has 1 aromatic heterocycles. The second-order valence-electron chi connectivity index (χ2n) is 4.26. The third-order valence-corrected chi connectivity index (χ3v) is 2.84. The van der Waals surface area contributed by atoms with E-state index in [0.29, 0.717) is 12.3 Å². The Kier molecular flexibility index (Phi) is 2.97. The molecule has 0 bridgehead atoms. The summed E-state index contributed by atoms with van der Waals surface area (Å²) < 4.78 is 41.6. The minimum atomic E-state index is -4.45. The van der Waals surface area contributed by atoms with Gasteiger partial charge in [0.2, 0.25) is 5.76 Å². The van der Waals surface area contributed by atoms with Gasteiger partial charge < -0.3 is 9.52 Å². The fourth-order valence-electron chi connectivity index (χ4n) is 1.76. The van der Waals surface area contributed by atoms with Crippen molar-refractivity contribution in [2.75, 3.05) is 6.61 Å². The summed E-state index contributed by atoms with van der Waals surface area (Å²) in [6, 6.07) is 2.23. The first-order chi connectivity index (χ1) is 7.50. The zero-order valence-electron chi connectivity index (χ0n) is 8.63. The second kappa shape index (κ2) is 4.13. The maximum absolute atomic E-state index is 12.3. The smallest absolute Gasteiger partial charge is 0.449 e. The Bertz CT molecular complexity index is 352. The first-order valence-electron chi connectivity index (χ1n) is 5.28. The number of furan rings is 1. The Balaban J connectivity index is 2.09. The van der Waals surface area contributed by atoms with E-state index in [-0.39, 0.29) is 18.3 Å². The van der Waals surface area contributed by atoms with Crippen LogP contribution < -0.4 is 0 Å². The molecule has 0 saturated heterocycles. The molecule has 0 spiro atoms. The highest BCUT2D eigenvalue weighted by atomic mass is 19.4. The maximum Gasteiger partial charge on any atom is 0.449 e. The molecule has 1 aromatic rings. The third kappa shape index (κ3) is 2.58. The molecule has 2 rings (SSSR count). The molecule has 0 aromatic carbocycles. The molecule has 1 atom stereocenters. The molecule has 1 N–H and O–H groups in total. The van der Waals surface area contributed by atoms with E-state index in [2.05, 4.69) is 0 Å². The van der Waals surface area contributed by atoms with Crippen molar-refractivity contribution in [1.29, 1.82) is 0 Å². The lowest BCUT2D eigenvalue weighted by molar-refractivity contribution is -0.153. The van der Waals surface area contributed by atoms with Crippen LogP contribution in [0.15, 0.2) is 16.5 Å². The normalized spacial score (nSPS) is 18.8. The number of aliphatic hydroxyl groups excluding tert-OH is 1. The van der Waals surface area contributed by atoms with Crippen molar-refractivity contribution in [2.24, 2.45) is 5.92 Å². The van der Waals surface area contributed by atoms with Crippen LogP contribution in [0.1, 0.15) is 36.7 Å². The SMILES string of the molecule is OCC(CC1CC1)c1ccc(C(F)(F)F)o1. The summed E-state index contributed by atoms with van der Waals surface area (Å²) in [5.41, 5.74) is 0. The highest BCUT2D eigenvalue weighted by molar-refractivity contribution is 5.14. The molecule has 0 aliphatic heterocycles. The van der Waals surface area contributed by atoms with Gasteiger partial charge in [-0.1, -0.05) is 12.8 Å². The summed E-state index contributed by atoms with van der Waals surface area (Å²) in [4.78, 5) is 0. The summed E-state index contributed by atoms with van der Waals surface area (Å²) in [5, 5.41) is 9.13. The number of hydrogen-bond acceptors (Lipinski definition) is 2. The zero-order chi connectivity index (χ0) is 11.8. The van der Waals surface area contributed by atoms with E-state index >= 15 is 0 Å². The lowest BCUT2D eigenvalue weighted by Gasteiger charge is -2.10. The van der Waals surface area contributed by atoms with Gasteiger partial charge in [-0.15, -0.1) is 0 Å². The van der Waals surface area contributed by atoms with Gasteiger partial charge in [0.05, 0.1) is 6.61 Å². The molecule has 1 aliphatic rings. The summed E-state index contributed by atoms with van der Waals surface area (Å²) in [5.74, 6) is -0.515. The van der Waals surface area contributed by atoms with Crippen molar-refractivity contribution in [3.8, 4) is 0 Å². The number of rotatable bonds is 4. The molecule has 0 radical (unpaired) electrons. The molecule has 0 amide bonds. The van der Waals surface area contributed by atoms with Gasteiger partial charge in [0.15, 0.2) is 0 Å². The highest BCUT2D eigenvalue weighted by Crippen LogP contribution is 2.40. The minimum absolute atomic E-state index is 0.165. The van der Waals surface area contributed by atoms with Gasteiger partial charge in [-0.05, 0) is 24.5 Å². The molecule has 2 nitrogen and oxygen atoms in total. The van der Waals surface area contributed by atoms with E-state index in [4.69, 9.17) is 9.52 Å². The Morgan fingerprint density at radius 2 is 2.06 bits per heavy atom. The largest absolute Gasteiger partial charge is 0.456 e. The fourth-order valence-corrected chi connectivity index (χ4v) is 1.76. The molecule has 1 fully saturated rings. The third-order valence-electron chi connectivity index (χ3n) is 2.84. The first-order valence-corrected chi connectivity index (χ1v) is 5.28. The number of alkyl halides is 3. The van der Waals surface area contributed by atoms with Crippen LogP contribution in [0, 0.1) is 5.92 Å². The number of hydrogen-bond donors (Lipinski definition) is 1. The molecular weight excluding hydrogens is 221 g/mol. The van der Waals surface area contributed by atoms with Crippen molar-refractivity contribution < 1.29 is 22.7 Å². The van der Waals surface area contributed by atoms with Crippen LogP contribution in [-0.4, -0.2) is 11.7 Å². The summed E-state index contributed by atoms with van der Waals surface area (Å²) >= 11 is 0. The lowest BCUT2D eigenvalue weighted by Crippen LogP contribution is -2.05. The summed E-state index contributed by atoms with van der Waals surface area (Å²) in [6.07, 6.45) is -1.54. The van der Waals surface area contributed by atoms with Crippen molar-refractivity contribution in [3.63, 3.8) is 0 Å². The molecule has 90 valence electrons. The molecule has 1 heterocycles. The minimum Gasteiger partial charge on any atom is -0.456 e. The summed E-state index contributed by atoms with van der Waals surface area (Å²) in [6.45, 7) is -0.165. The first kappa shape index (κ1) is 11.5. The zero-order valence-corrected chi connectivity index (χ0v) is 8.63. The molecule has 1 aliphatic carbocycles. The summed E-state index contributed by atoms with van der Waals surface area (Å²) in [7, 11) is 0. The molecule has 5 heteroatoms. The molecular formula is C11H13F3O2. The lowest BCUT2D eigenvalue weighted by atomic mass is 10.0. The van der Waals surface area contributed by atoms with Gasteiger partial charge in [0, 0.05) is 5.92 Å². The van der Waals surface area contributed by atoms with Crippen LogP contribution in [0.2, 0.25) is 0 Å². The highest BCUT2D eigenvalue weighted by Gasteiger charge is 2.36. The molecule has 1 saturated carbocycles. The van der Waals surface area contributed by atoms with Gasteiger partial charge >= 0.3 is 6.18 Å². The Hall–Kier alpha value is -0.970. The van der Waals surface area contributed by atoms with E-state index in [0.717, 1.165) is 18.9 Å². The van der Waals surface area contributed by atoms with Gasteiger partial charge in [-0.3, -0.25) is 0 Å². The van der Waals surface area contributed by atoms with Crippen molar-refractivity contribution in [2.45, 2.75) is 31.4 Å². The van der Waals surface area contributed by atoms with E-state index < -0.39 is 11.9 Å². The standard InChI is InChI=1S/C11H13F3O2/c12-11(13,14)10-4-3-9(16-10)8(6-15)5-7-1-2-7/h3-4,7-8,15H,1-2,5-6H2. The van der Waals surface area contributed by atoms with Crippen molar-refractivity contribution in [3.05, 3.63) is 23.7 Å². The van der Waals surface area contributed by atoms with Crippen LogP contribution in [0.25, 0.3) is 0 Å². The average molecular weight is 234 g/mol. The van der Waals surface area contributed by atoms with E-state index in [1.807, 2.05) is 0 Å². The second-order valence-corrected chi connectivity index (χ2v) is 4.26. The monoisotopic (exact) mass is 234 g/mol. The maximum atomic E-state index is 12.3. The van der Waals surface area contributed by atoms with E-state index in [1.54, 1.807) is 0 Å². The topological polar surface area (TPSA) is 33.4 Å². The van der Waals surface area contributed by atoms with E-state index in [1.165, 1.54) is 6.07 Å². The Labute approximate surface area is 91.1 Å². The number of halogens is 3. The fraction of sp³-hybridized carbons (Fsp3) is 0.636. The average Bonchev–Trinajstić information content (AvgIpc) is 2.87. The quantitative estimate of drug-likeness (QED) is 0.868. The van der Waals surface area contributed by atoms with E-state index in [9.17, 15) is 13.2 Å². The van der Waals surface area contributed by atoms with Crippen LogP contribution in [0.5, 0.6) is 0 Å². The molecule has 16 heavy (non-hydrogen) atoms. The predicted octanol–water partition coefficient (Wildman–Crippen LogP) is 3.17. The predicted molar refractivity (Wildman–Crippen MR) is 50.9 cm³/mol. The molecule has 1 unspecified atom stereocenters. The Morgan fingerprint density at radius 3 is 2.50 bits per heavy atom. The van der Waals surface area contributed by atoms with Crippen molar-refractivity contribution >= 4 is 0 Å². The van der Waals surface area contributed by atoms with Crippen LogP contribution in [-0.2, 0) is 6.18 Å². The van der Waals surface area contributed by atoms with Crippen LogP contribution >= 0.6 is 0 Å². The van der Waals surface area contributed by atoms with Gasteiger partial charge in [0.1, 0.15) is 5.76 Å². The number of aliphatic hydroxyl groups is 1. The van der Waals surface area contributed by atoms with Gasteiger partial charge in [0.25, 0.3) is 0 Å². The van der Waals surface area contributed by atoms with Crippen molar-refractivity contribution in [1.82, 2.24) is 0 Å².